The van der Waals surface area contributed by atoms with E-state index in [4.69, 9.17) is 18.8 Å². The maximum absolute atomic E-state index is 6.16. The molecule has 1 aliphatic rings. The van der Waals surface area contributed by atoms with Gasteiger partial charge < -0.3 is 18.8 Å². The zero-order valence-electron chi connectivity index (χ0n) is 14.7. The van der Waals surface area contributed by atoms with Gasteiger partial charge in [0.05, 0.1) is 0 Å². The zero-order chi connectivity index (χ0) is 17.2. The van der Waals surface area contributed by atoms with Gasteiger partial charge in [0.25, 0.3) is 0 Å². The number of hydrogen-bond donors (Lipinski definition) is 0. The van der Waals surface area contributed by atoms with Crippen LogP contribution >= 0.6 is 0 Å². The largest absolute Gasteiger partial charge is 0.494 e. The van der Waals surface area contributed by atoms with E-state index in [2.05, 4.69) is 20.8 Å². The number of fused-ring (bicyclic) bond motifs is 2. The van der Waals surface area contributed by atoms with Gasteiger partial charge in [0, 0.05) is 12.2 Å². The van der Waals surface area contributed by atoms with Crippen LogP contribution in [0.5, 0.6) is 23.0 Å². The fourth-order valence-electron chi connectivity index (χ4n) is 2.41. The Labute approximate surface area is 143 Å². The van der Waals surface area contributed by atoms with Crippen LogP contribution in [0.15, 0.2) is 42.5 Å². The van der Waals surface area contributed by atoms with E-state index in [1.54, 1.807) is 0 Å². The molecular formula is C19H23BO4. The monoisotopic (exact) mass is 326 g/mol. The lowest BCUT2D eigenvalue weighted by atomic mass is 9.77. The predicted molar refractivity (Wildman–Crippen MR) is 95.5 cm³/mol. The Morgan fingerprint density at radius 3 is 2.17 bits per heavy atom. The zero-order valence-corrected chi connectivity index (χ0v) is 14.7. The Bertz CT molecular complexity index is 714. The molecule has 0 radical (unpaired) electrons. The molecule has 0 spiro atoms. The lowest BCUT2D eigenvalue weighted by molar-refractivity contribution is 0.0706. The third kappa shape index (κ3) is 3.58. The average Bonchev–Trinajstić information content (AvgIpc) is 2.59. The van der Waals surface area contributed by atoms with E-state index in [0.717, 1.165) is 17.6 Å². The van der Waals surface area contributed by atoms with E-state index in [1.165, 1.54) is 0 Å². The summed E-state index contributed by atoms with van der Waals surface area (Å²) in [4.78, 5) is 0. The summed E-state index contributed by atoms with van der Waals surface area (Å²) in [6.45, 7) is 8.76. The molecule has 3 rings (SSSR count). The van der Waals surface area contributed by atoms with Gasteiger partial charge in [-0.05, 0) is 56.9 Å². The van der Waals surface area contributed by atoms with Crippen molar-refractivity contribution in [1.82, 2.24) is 0 Å². The summed E-state index contributed by atoms with van der Waals surface area (Å²) < 4.78 is 23.8. The van der Waals surface area contributed by atoms with Crippen LogP contribution in [0.1, 0.15) is 34.1 Å². The molecule has 0 aromatic heterocycles. The van der Waals surface area contributed by atoms with Gasteiger partial charge in [-0.3, -0.25) is 0 Å². The minimum absolute atomic E-state index is 0.264. The Morgan fingerprint density at radius 1 is 0.917 bits per heavy atom. The summed E-state index contributed by atoms with van der Waals surface area (Å²) in [5.74, 6) is 2.81. The Kier molecular flexibility index (Phi) is 4.83. The molecule has 4 nitrogen and oxygen atoms in total. The number of benzene rings is 2. The number of ether oxygens (including phenoxy) is 2. The Hall–Kier alpha value is -1.98. The summed E-state index contributed by atoms with van der Waals surface area (Å²) in [5.41, 5.74) is 0.653. The summed E-state index contributed by atoms with van der Waals surface area (Å²) in [6, 6.07) is 13.4. The van der Waals surface area contributed by atoms with Gasteiger partial charge in [-0.1, -0.05) is 25.1 Å². The van der Waals surface area contributed by atoms with Gasteiger partial charge in [-0.15, -0.1) is 0 Å². The van der Waals surface area contributed by atoms with Crippen molar-refractivity contribution < 1.29 is 18.8 Å². The van der Waals surface area contributed by atoms with Crippen LogP contribution in [0.25, 0.3) is 0 Å². The molecule has 1 heterocycles. The molecule has 0 saturated carbocycles. The van der Waals surface area contributed by atoms with Crippen molar-refractivity contribution in [3.63, 3.8) is 0 Å². The van der Waals surface area contributed by atoms with Crippen molar-refractivity contribution in [3.05, 3.63) is 42.5 Å². The maximum Gasteiger partial charge on any atom is 0.494 e. The van der Waals surface area contributed by atoms with Crippen LogP contribution < -0.4 is 14.9 Å². The number of hydrogen-bond acceptors (Lipinski definition) is 4. The maximum atomic E-state index is 6.16. The highest BCUT2D eigenvalue weighted by atomic mass is 16.6. The van der Waals surface area contributed by atoms with E-state index in [1.807, 2.05) is 49.4 Å². The topological polar surface area (TPSA) is 36.9 Å². The third-order valence-corrected chi connectivity index (χ3v) is 4.12. The highest BCUT2D eigenvalue weighted by Crippen LogP contribution is 2.44. The molecule has 0 fully saturated rings. The van der Waals surface area contributed by atoms with Crippen LogP contribution in [0, 0.1) is 0 Å². The van der Waals surface area contributed by atoms with E-state index in [-0.39, 0.29) is 5.60 Å². The second-order valence-corrected chi connectivity index (χ2v) is 6.38. The second-order valence-electron chi connectivity index (χ2n) is 6.38. The molecule has 2 aromatic rings. The molecule has 1 aliphatic heterocycles. The minimum Gasteiger partial charge on any atom is -0.450 e. The Morgan fingerprint density at radius 2 is 1.54 bits per heavy atom. The van der Waals surface area contributed by atoms with E-state index in [0.29, 0.717) is 23.9 Å². The summed E-state index contributed by atoms with van der Waals surface area (Å²) in [6.07, 6.45) is 0.897. The van der Waals surface area contributed by atoms with Crippen molar-refractivity contribution in [2.45, 2.75) is 39.7 Å². The van der Waals surface area contributed by atoms with Gasteiger partial charge in [0.2, 0.25) is 0 Å². The van der Waals surface area contributed by atoms with Crippen molar-refractivity contribution in [1.29, 1.82) is 0 Å². The van der Waals surface area contributed by atoms with Crippen molar-refractivity contribution in [2.75, 3.05) is 6.61 Å². The van der Waals surface area contributed by atoms with Crippen molar-refractivity contribution in [2.24, 2.45) is 0 Å². The van der Waals surface area contributed by atoms with E-state index in [9.17, 15) is 0 Å². The first-order valence-electron chi connectivity index (χ1n) is 8.40. The third-order valence-electron chi connectivity index (χ3n) is 4.12. The first-order valence-corrected chi connectivity index (χ1v) is 8.40. The van der Waals surface area contributed by atoms with Crippen LogP contribution in [-0.4, -0.2) is 19.3 Å². The standard InChI is InChI=1S/C19H23BO4/c1-5-19(3,4)24-20(21-6-2)14-11-12-17-18(13-14)23-16-10-8-7-9-15(16)22-17/h7-13H,5-6H2,1-4H3. The predicted octanol–water partition coefficient (Wildman–Crippen LogP) is 4.52. The molecule has 24 heavy (non-hydrogen) atoms. The smallest absolute Gasteiger partial charge is 0.450 e. The van der Waals surface area contributed by atoms with Gasteiger partial charge in [0.15, 0.2) is 23.0 Å². The summed E-state index contributed by atoms with van der Waals surface area (Å²) in [7, 11) is -0.434. The molecule has 5 heteroatoms. The summed E-state index contributed by atoms with van der Waals surface area (Å²) >= 11 is 0. The lowest BCUT2D eigenvalue weighted by Crippen LogP contribution is -2.43. The number of rotatable bonds is 6. The van der Waals surface area contributed by atoms with Gasteiger partial charge in [-0.2, -0.15) is 0 Å². The fourth-order valence-corrected chi connectivity index (χ4v) is 2.41. The van der Waals surface area contributed by atoms with Crippen molar-refractivity contribution in [3.8, 4) is 23.0 Å². The number of para-hydroxylation sites is 2. The Balaban J connectivity index is 1.87. The second kappa shape index (κ2) is 6.87. The molecule has 0 amide bonds. The molecule has 0 unspecified atom stereocenters. The highest BCUT2D eigenvalue weighted by molar-refractivity contribution is 6.61. The fraction of sp³-hybridized carbons (Fsp3) is 0.368. The average molecular weight is 326 g/mol. The van der Waals surface area contributed by atoms with Crippen LogP contribution in [0.3, 0.4) is 0 Å². The summed E-state index contributed by atoms with van der Waals surface area (Å²) in [5, 5.41) is 0. The van der Waals surface area contributed by atoms with Crippen molar-refractivity contribution >= 4 is 12.6 Å². The molecule has 0 N–H and O–H groups in total. The van der Waals surface area contributed by atoms with E-state index < -0.39 is 7.12 Å². The molecule has 126 valence electrons. The minimum atomic E-state index is -0.434. The van der Waals surface area contributed by atoms with E-state index >= 15 is 0 Å². The van der Waals surface area contributed by atoms with Gasteiger partial charge in [-0.25, -0.2) is 0 Å². The molecule has 0 aliphatic carbocycles. The highest BCUT2D eigenvalue weighted by Gasteiger charge is 2.30. The van der Waals surface area contributed by atoms with Crippen LogP contribution in [0.2, 0.25) is 0 Å². The first-order chi connectivity index (χ1) is 11.5. The van der Waals surface area contributed by atoms with Crippen LogP contribution in [-0.2, 0) is 9.31 Å². The molecule has 2 aromatic carbocycles. The van der Waals surface area contributed by atoms with Gasteiger partial charge in [0.1, 0.15) is 0 Å². The quantitative estimate of drug-likeness (QED) is 0.624. The van der Waals surface area contributed by atoms with Crippen LogP contribution in [0.4, 0.5) is 0 Å². The molecule has 0 atom stereocenters. The van der Waals surface area contributed by atoms with Gasteiger partial charge >= 0.3 is 7.12 Å². The first kappa shape index (κ1) is 16.9. The molecule has 0 saturated heterocycles. The normalized spacial score (nSPS) is 12.7. The lowest BCUT2D eigenvalue weighted by Gasteiger charge is -2.28. The molecular weight excluding hydrogens is 303 g/mol. The molecule has 0 bridgehead atoms. The SMILES string of the molecule is CCOB(OC(C)(C)CC)c1ccc2c(c1)Oc1ccccc1O2.